The number of methoxy groups -OCH3 is 2. The van der Waals surface area contributed by atoms with E-state index in [1.165, 1.54) is 0 Å². The van der Waals surface area contributed by atoms with Crippen molar-refractivity contribution in [2.75, 3.05) is 33.2 Å². The lowest BCUT2D eigenvalue weighted by atomic mass is 10.2. The van der Waals surface area contributed by atoms with E-state index in [2.05, 4.69) is 15.3 Å². The number of amides is 1. The molecule has 0 aliphatic rings. The van der Waals surface area contributed by atoms with E-state index in [4.69, 9.17) is 9.47 Å². The van der Waals surface area contributed by atoms with Crippen LogP contribution in [0, 0.1) is 0 Å². The summed E-state index contributed by atoms with van der Waals surface area (Å²) in [6.07, 6.45) is 1.67. The zero-order valence-electron chi connectivity index (χ0n) is 13.7. The Labute approximate surface area is 135 Å². The summed E-state index contributed by atoms with van der Waals surface area (Å²) in [7, 11) is 6.81. The lowest BCUT2D eigenvalue weighted by Crippen LogP contribution is -2.24. The molecule has 1 N–H and O–H groups in total. The van der Waals surface area contributed by atoms with Crippen LogP contribution < -0.4 is 19.7 Å². The standard InChI is InChI=1S/C16H20N4O3/c1-20(2)16-17-6-5-12(19-16)10-18-15(21)11-7-13(22-3)9-14(8-11)23-4/h5-9H,10H2,1-4H3,(H,18,21). The van der Waals surface area contributed by atoms with Gasteiger partial charge >= 0.3 is 0 Å². The molecule has 23 heavy (non-hydrogen) atoms. The van der Waals surface area contributed by atoms with Crippen molar-refractivity contribution in [3.8, 4) is 11.5 Å². The summed E-state index contributed by atoms with van der Waals surface area (Å²) in [4.78, 5) is 22.6. The molecule has 2 rings (SSSR count). The number of carbonyl (C=O) groups excluding carboxylic acids is 1. The molecule has 1 aromatic carbocycles. The van der Waals surface area contributed by atoms with E-state index in [0.717, 1.165) is 5.69 Å². The van der Waals surface area contributed by atoms with Crippen LogP contribution in [0.4, 0.5) is 5.95 Å². The van der Waals surface area contributed by atoms with Crippen molar-refractivity contribution in [3.63, 3.8) is 0 Å². The van der Waals surface area contributed by atoms with Gasteiger partial charge in [0.25, 0.3) is 5.91 Å². The maximum absolute atomic E-state index is 12.3. The molecule has 1 aromatic heterocycles. The van der Waals surface area contributed by atoms with Crippen LogP contribution in [0.15, 0.2) is 30.5 Å². The van der Waals surface area contributed by atoms with E-state index in [1.54, 1.807) is 49.6 Å². The second-order valence-electron chi connectivity index (χ2n) is 5.03. The third-order valence-electron chi connectivity index (χ3n) is 3.14. The van der Waals surface area contributed by atoms with Gasteiger partial charge in [0, 0.05) is 31.9 Å². The first-order valence-electron chi connectivity index (χ1n) is 7.04. The van der Waals surface area contributed by atoms with Crippen LogP contribution in [0.1, 0.15) is 16.1 Å². The number of anilines is 1. The lowest BCUT2D eigenvalue weighted by molar-refractivity contribution is 0.0949. The average Bonchev–Trinajstić information content (AvgIpc) is 2.59. The molecule has 122 valence electrons. The molecule has 2 aromatic rings. The molecule has 0 saturated heterocycles. The van der Waals surface area contributed by atoms with Gasteiger partial charge in [0.15, 0.2) is 0 Å². The highest BCUT2D eigenvalue weighted by molar-refractivity contribution is 5.95. The molecule has 7 heteroatoms. The van der Waals surface area contributed by atoms with Crippen molar-refractivity contribution in [2.24, 2.45) is 0 Å². The van der Waals surface area contributed by atoms with Gasteiger partial charge in [-0.1, -0.05) is 0 Å². The second kappa shape index (κ2) is 7.44. The Bertz CT molecular complexity index is 667. The Kier molecular flexibility index (Phi) is 5.35. The molecule has 7 nitrogen and oxygen atoms in total. The molecule has 0 aliphatic heterocycles. The topological polar surface area (TPSA) is 76.6 Å². The summed E-state index contributed by atoms with van der Waals surface area (Å²) in [5.74, 6) is 1.49. The summed E-state index contributed by atoms with van der Waals surface area (Å²) in [6.45, 7) is 0.307. The van der Waals surface area contributed by atoms with Crippen molar-refractivity contribution in [1.29, 1.82) is 0 Å². The molecule has 0 saturated carbocycles. The van der Waals surface area contributed by atoms with E-state index < -0.39 is 0 Å². The van der Waals surface area contributed by atoms with Gasteiger partial charge in [-0.25, -0.2) is 9.97 Å². The van der Waals surface area contributed by atoms with Crippen LogP contribution in [-0.4, -0.2) is 44.2 Å². The second-order valence-corrected chi connectivity index (χ2v) is 5.03. The van der Waals surface area contributed by atoms with Crippen LogP contribution >= 0.6 is 0 Å². The Hall–Kier alpha value is -2.83. The minimum Gasteiger partial charge on any atom is -0.497 e. The highest BCUT2D eigenvalue weighted by atomic mass is 16.5. The summed E-state index contributed by atoms with van der Waals surface area (Å²) >= 11 is 0. The molecule has 0 aliphatic carbocycles. The third-order valence-corrected chi connectivity index (χ3v) is 3.14. The summed E-state index contributed by atoms with van der Waals surface area (Å²) in [6, 6.07) is 6.79. The van der Waals surface area contributed by atoms with Gasteiger partial charge in [-0.3, -0.25) is 4.79 Å². The highest BCUT2D eigenvalue weighted by Gasteiger charge is 2.10. The van der Waals surface area contributed by atoms with Crippen LogP contribution in [0.25, 0.3) is 0 Å². The van der Waals surface area contributed by atoms with Crippen molar-refractivity contribution in [2.45, 2.75) is 6.54 Å². The fraction of sp³-hybridized carbons (Fsp3) is 0.312. The van der Waals surface area contributed by atoms with Crippen molar-refractivity contribution in [3.05, 3.63) is 41.7 Å². The van der Waals surface area contributed by atoms with E-state index in [0.29, 0.717) is 29.6 Å². The molecule has 0 unspecified atom stereocenters. The maximum Gasteiger partial charge on any atom is 0.251 e. The molecule has 1 amide bonds. The first-order chi connectivity index (χ1) is 11.0. The molecule has 0 atom stereocenters. The molecular formula is C16H20N4O3. The minimum atomic E-state index is -0.229. The Morgan fingerprint density at radius 2 is 1.83 bits per heavy atom. The highest BCUT2D eigenvalue weighted by Crippen LogP contribution is 2.22. The average molecular weight is 316 g/mol. The quantitative estimate of drug-likeness (QED) is 0.870. The fourth-order valence-electron chi connectivity index (χ4n) is 1.91. The largest absolute Gasteiger partial charge is 0.497 e. The predicted octanol–water partition coefficient (Wildman–Crippen LogP) is 1.49. The van der Waals surface area contributed by atoms with Crippen molar-refractivity contribution in [1.82, 2.24) is 15.3 Å². The van der Waals surface area contributed by atoms with Crippen molar-refractivity contribution < 1.29 is 14.3 Å². The molecule has 1 heterocycles. The number of hydrogen-bond donors (Lipinski definition) is 1. The predicted molar refractivity (Wildman–Crippen MR) is 87.1 cm³/mol. The SMILES string of the molecule is COc1cc(OC)cc(C(=O)NCc2ccnc(N(C)C)n2)c1. The van der Waals surface area contributed by atoms with Crippen molar-refractivity contribution >= 4 is 11.9 Å². The molecule has 0 bridgehead atoms. The van der Waals surface area contributed by atoms with Gasteiger partial charge in [-0.2, -0.15) is 0 Å². The van der Waals surface area contributed by atoms with Crippen LogP contribution in [0.2, 0.25) is 0 Å². The van der Waals surface area contributed by atoms with Crippen LogP contribution in [0.5, 0.6) is 11.5 Å². The Balaban J connectivity index is 2.09. The van der Waals surface area contributed by atoms with Crippen LogP contribution in [0.3, 0.4) is 0 Å². The fourth-order valence-corrected chi connectivity index (χ4v) is 1.91. The first-order valence-corrected chi connectivity index (χ1v) is 7.04. The Morgan fingerprint density at radius 1 is 1.17 bits per heavy atom. The zero-order valence-corrected chi connectivity index (χ0v) is 13.7. The smallest absolute Gasteiger partial charge is 0.251 e. The van der Waals surface area contributed by atoms with Gasteiger partial charge in [0.1, 0.15) is 11.5 Å². The number of nitrogens with zero attached hydrogens (tertiary/aromatic N) is 3. The molecular weight excluding hydrogens is 296 g/mol. The molecule has 0 radical (unpaired) electrons. The summed E-state index contributed by atoms with van der Waals surface area (Å²) < 4.78 is 10.3. The lowest BCUT2D eigenvalue weighted by Gasteiger charge is -2.12. The number of benzene rings is 1. The number of hydrogen-bond acceptors (Lipinski definition) is 6. The minimum absolute atomic E-state index is 0.229. The summed E-state index contributed by atoms with van der Waals surface area (Å²) in [5, 5.41) is 2.83. The van der Waals surface area contributed by atoms with Gasteiger partial charge in [0.2, 0.25) is 5.95 Å². The Morgan fingerprint density at radius 3 is 2.39 bits per heavy atom. The van der Waals surface area contributed by atoms with E-state index >= 15 is 0 Å². The van der Waals surface area contributed by atoms with Crippen LogP contribution in [-0.2, 0) is 6.54 Å². The molecule has 0 fully saturated rings. The van der Waals surface area contributed by atoms with Gasteiger partial charge in [-0.15, -0.1) is 0 Å². The zero-order chi connectivity index (χ0) is 16.8. The third kappa shape index (κ3) is 4.32. The summed E-state index contributed by atoms with van der Waals surface area (Å²) in [5.41, 5.74) is 1.19. The monoisotopic (exact) mass is 316 g/mol. The number of carbonyl (C=O) groups is 1. The normalized spacial score (nSPS) is 10.1. The maximum atomic E-state index is 12.3. The molecule has 0 spiro atoms. The number of ether oxygens (including phenoxy) is 2. The number of nitrogens with one attached hydrogen (secondary N) is 1. The van der Waals surface area contributed by atoms with Gasteiger partial charge in [0.05, 0.1) is 26.5 Å². The van der Waals surface area contributed by atoms with Gasteiger partial charge in [-0.05, 0) is 18.2 Å². The van der Waals surface area contributed by atoms with Gasteiger partial charge < -0.3 is 19.7 Å². The van der Waals surface area contributed by atoms with E-state index in [1.807, 2.05) is 14.1 Å². The van der Waals surface area contributed by atoms with E-state index in [9.17, 15) is 4.79 Å². The number of aromatic nitrogens is 2. The number of rotatable bonds is 6. The van der Waals surface area contributed by atoms with E-state index in [-0.39, 0.29) is 5.91 Å². The first kappa shape index (κ1) is 16.5.